The Bertz CT molecular complexity index is 396. The number of hydrogen-bond donors (Lipinski definition) is 2. The van der Waals surface area contributed by atoms with Gasteiger partial charge < -0.3 is 15.8 Å². The highest BCUT2D eigenvalue weighted by atomic mass is 19.1. The molecule has 0 aromatic heterocycles. The zero-order valence-electron chi connectivity index (χ0n) is 10.00. The van der Waals surface area contributed by atoms with Crippen molar-refractivity contribution >= 4 is 11.6 Å². The fraction of sp³-hybridized carbons (Fsp3) is 0.417. The van der Waals surface area contributed by atoms with Gasteiger partial charge in [0.1, 0.15) is 11.6 Å². The van der Waals surface area contributed by atoms with Gasteiger partial charge in [-0.05, 0) is 18.6 Å². The van der Waals surface area contributed by atoms with Gasteiger partial charge in [0.25, 0.3) is 0 Å². The molecule has 5 heteroatoms. The molecule has 0 unspecified atom stereocenters. The van der Waals surface area contributed by atoms with Gasteiger partial charge in [0.2, 0.25) is 5.91 Å². The average Bonchev–Trinajstić information content (AvgIpc) is 2.32. The third-order valence-corrected chi connectivity index (χ3v) is 2.37. The van der Waals surface area contributed by atoms with Crippen molar-refractivity contribution in [1.82, 2.24) is 0 Å². The first kappa shape index (κ1) is 13.4. The van der Waals surface area contributed by atoms with E-state index in [1.54, 1.807) is 0 Å². The molecule has 3 N–H and O–H groups in total. The predicted octanol–water partition coefficient (Wildman–Crippen LogP) is 1.90. The van der Waals surface area contributed by atoms with Gasteiger partial charge in [-0.2, -0.15) is 0 Å². The van der Waals surface area contributed by atoms with E-state index in [0.29, 0.717) is 12.2 Å². The first-order chi connectivity index (χ1) is 8.08. The first-order valence-electron chi connectivity index (χ1n) is 5.48. The molecule has 4 nitrogen and oxygen atoms in total. The third kappa shape index (κ3) is 3.71. The number of nitrogens with one attached hydrogen (secondary N) is 1. The minimum absolute atomic E-state index is 0.0842. The van der Waals surface area contributed by atoms with E-state index in [-0.39, 0.29) is 11.6 Å². The molecule has 1 aromatic carbocycles. The van der Waals surface area contributed by atoms with Gasteiger partial charge in [-0.3, -0.25) is 4.79 Å². The van der Waals surface area contributed by atoms with Gasteiger partial charge >= 0.3 is 0 Å². The number of anilines is 1. The number of rotatable bonds is 5. The van der Waals surface area contributed by atoms with Gasteiger partial charge in [0.15, 0.2) is 0 Å². The van der Waals surface area contributed by atoms with Crippen LogP contribution in [-0.2, 0) is 4.79 Å². The van der Waals surface area contributed by atoms with Gasteiger partial charge in [0.05, 0.1) is 18.8 Å². The van der Waals surface area contributed by atoms with Crippen molar-refractivity contribution in [2.45, 2.75) is 25.8 Å². The summed E-state index contributed by atoms with van der Waals surface area (Å²) < 4.78 is 18.4. The highest BCUT2D eigenvalue weighted by Crippen LogP contribution is 2.21. The Kier molecular flexibility index (Phi) is 4.90. The Morgan fingerprint density at radius 3 is 2.88 bits per heavy atom. The van der Waals surface area contributed by atoms with E-state index in [1.807, 2.05) is 6.92 Å². The number of amides is 1. The molecule has 0 heterocycles. The minimum atomic E-state index is -0.620. The Balaban J connectivity index is 2.76. The lowest BCUT2D eigenvalue weighted by Gasteiger charge is -2.12. The van der Waals surface area contributed by atoms with Crippen molar-refractivity contribution in [2.75, 3.05) is 12.4 Å². The lowest BCUT2D eigenvalue weighted by Crippen LogP contribution is -2.35. The van der Waals surface area contributed by atoms with Gasteiger partial charge in [-0.25, -0.2) is 4.39 Å². The van der Waals surface area contributed by atoms with Crippen molar-refractivity contribution in [3.63, 3.8) is 0 Å². The largest absolute Gasteiger partial charge is 0.497 e. The Labute approximate surface area is 100.0 Å². The minimum Gasteiger partial charge on any atom is -0.497 e. The Morgan fingerprint density at radius 1 is 1.59 bits per heavy atom. The third-order valence-electron chi connectivity index (χ3n) is 2.37. The van der Waals surface area contributed by atoms with Crippen molar-refractivity contribution in [2.24, 2.45) is 5.73 Å². The van der Waals surface area contributed by atoms with Crippen LogP contribution in [0.2, 0.25) is 0 Å². The monoisotopic (exact) mass is 240 g/mol. The number of carbonyl (C=O) groups excluding carboxylic acids is 1. The summed E-state index contributed by atoms with van der Waals surface area (Å²) >= 11 is 0. The number of halogens is 1. The van der Waals surface area contributed by atoms with Crippen molar-refractivity contribution in [3.05, 3.63) is 24.0 Å². The number of methoxy groups -OCH3 is 1. The second kappa shape index (κ2) is 6.20. The van der Waals surface area contributed by atoms with E-state index in [1.165, 1.54) is 25.3 Å². The number of nitrogens with two attached hydrogens (primary N) is 1. The zero-order chi connectivity index (χ0) is 12.8. The van der Waals surface area contributed by atoms with Crippen LogP contribution >= 0.6 is 0 Å². The molecule has 0 aliphatic rings. The SMILES string of the molecule is CCC[C@H](N)C(=O)Nc1cc(OC)ccc1F. The molecule has 17 heavy (non-hydrogen) atoms. The maximum Gasteiger partial charge on any atom is 0.241 e. The standard InChI is InChI=1S/C12H17FN2O2/c1-3-4-10(14)12(16)15-11-7-8(17-2)5-6-9(11)13/h5-7,10H,3-4,14H2,1-2H3,(H,15,16)/t10-/m0/s1. The van der Waals surface area contributed by atoms with Crippen LogP contribution in [0.15, 0.2) is 18.2 Å². The number of ether oxygens (including phenoxy) is 1. The topological polar surface area (TPSA) is 64.4 Å². The highest BCUT2D eigenvalue weighted by molar-refractivity contribution is 5.94. The van der Waals surface area contributed by atoms with Crippen LogP contribution in [0.3, 0.4) is 0 Å². The number of benzene rings is 1. The van der Waals surface area contributed by atoms with Crippen molar-refractivity contribution < 1.29 is 13.9 Å². The molecule has 1 rings (SSSR count). The molecule has 94 valence electrons. The molecule has 1 aromatic rings. The second-order valence-corrected chi connectivity index (χ2v) is 3.73. The predicted molar refractivity (Wildman–Crippen MR) is 64.5 cm³/mol. The van der Waals surface area contributed by atoms with Gasteiger partial charge in [0, 0.05) is 6.07 Å². The number of carbonyl (C=O) groups is 1. The molecule has 0 aliphatic carbocycles. The molecule has 1 amide bonds. The van der Waals surface area contributed by atoms with Crippen LogP contribution in [0.25, 0.3) is 0 Å². The van der Waals surface area contributed by atoms with E-state index >= 15 is 0 Å². The van der Waals surface area contributed by atoms with E-state index in [2.05, 4.69) is 5.32 Å². The summed E-state index contributed by atoms with van der Waals surface area (Å²) in [6.45, 7) is 1.93. The highest BCUT2D eigenvalue weighted by Gasteiger charge is 2.14. The summed E-state index contributed by atoms with van der Waals surface area (Å²) in [7, 11) is 1.47. The van der Waals surface area contributed by atoms with E-state index in [4.69, 9.17) is 10.5 Å². The first-order valence-corrected chi connectivity index (χ1v) is 5.48. The maximum absolute atomic E-state index is 13.4. The lowest BCUT2D eigenvalue weighted by atomic mass is 10.1. The molecular formula is C12H17FN2O2. The summed E-state index contributed by atoms with van der Waals surface area (Å²) in [5.74, 6) is -0.424. The van der Waals surface area contributed by atoms with Gasteiger partial charge in [-0.15, -0.1) is 0 Å². The number of hydrogen-bond acceptors (Lipinski definition) is 3. The van der Waals surface area contributed by atoms with Crippen molar-refractivity contribution in [1.29, 1.82) is 0 Å². The van der Waals surface area contributed by atoms with Crippen LogP contribution in [0, 0.1) is 5.82 Å². The molecule has 0 aliphatic heterocycles. The van der Waals surface area contributed by atoms with Crippen LogP contribution < -0.4 is 15.8 Å². The molecule has 0 spiro atoms. The summed E-state index contributed by atoms with van der Waals surface area (Å²) in [5.41, 5.74) is 5.71. The van der Waals surface area contributed by atoms with E-state index < -0.39 is 11.9 Å². The second-order valence-electron chi connectivity index (χ2n) is 3.73. The van der Waals surface area contributed by atoms with Gasteiger partial charge in [-0.1, -0.05) is 13.3 Å². The summed E-state index contributed by atoms with van der Waals surface area (Å²) in [6, 6.07) is 3.52. The summed E-state index contributed by atoms with van der Waals surface area (Å²) in [5, 5.41) is 2.45. The van der Waals surface area contributed by atoms with Crippen LogP contribution in [0.5, 0.6) is 5.75 Å². The Morgan fingerprint density at radius 2 is 2.29 bits per heavy atom. The molecule has 0 saturated heterocycles. The van der Waals surface area contributed by atoms with Crippen LogP contribution in [-0.4, -0.2) is 19.1 Å². The molecule has 0 bridgehead atoms. The lowest BCUT2D eigenvalue weighted by molar-refractivity contribution is -0.117. The summed E-state index contributed by atoms with van der Waals surface area (Å²) in [4.78, 5) is 11.6. The van der Waals surface area contributed by atoms with Crippen molar-refractivity contribution in [3.8, 4) is 5.75 Å². The molecular weight excluding hydrogens is 223 g/mol. The average molecular weight is 240 g/mol. The zero-order valence-corrected chi connectivity index (χ0v) is 10.00. The van der Waals surface area contributed by atoms with Crippen LogP contribution in [0.4, 0.5) is 10.1 Å². The smallest absolute Gasteiger partial charge is 0.241 e. The Hall–Kier alpha value is -1.62. The fourth-order valence-electron chi connectivity index (χ4n) is 1.39. The molecule has 0 fully saturated rings. The molecule has 0 radical (unpaired) electrons. The quantitative estimate of drug-likeness (QED) is 0.826. The summed E-state index contributed by atoms with van der Waals surface area (Å²) in [6.07, 6.45) is 1.37. The fourth-order valence-corrected chi connectivity index (χ4v) is 1.39. The molecule has 1 atom stereocenters. The van der Waals surface area contributed by atoms with E-state index in [0.717, 1.165) is 6.42 Å². The normalized spacial score (nSPS) is 12.0. The van der Waals surface area contributed by atoms with E-state index in [9.17, 15) is 9.18 Å². The van der Waals surface area contributed by atoms with Crippen LogP contribution in [0.1, 0.15) is 19.8 Å². The maximum atomic E-state index is 13.4. The molecule has 0 saturated carbocycles.